The fourth-order valence-electron chi connectivity index (χ4n) is 8.19. The summed E-state index contributed by atoms with van der Waals surface area (Å²) in [5.41, 5.74) is 5.24. The molecule has 1 aromatic heterocycles. The molecule has 0 bridgehead atoms. The highest BCUT2D eigenvalue weighted by atomic mass is 32.1. The highest BCUT2D eigenvalue weighted by Crippen LogP contribution is 2.32. The van der Waals surface area contributed by atoms with Crippen LogP contribution >= 0.6 is 11.3 Å². The SMILES string of the molecule is CCCCCCN(C(=O)[C@@H](NC(=O)[C@H]1CCCCN1C(C)C)[C@@H](C)CC)[C@H](C[C@@H](OCC)c1nc(C(=O)N[C@@H](Cc2ccc(N)c(F)c2)CC(C)(C)C(=O)O)cs1)C(C)C. The summed E-state index contributed by atoms with van der Waals surface area (Å²) in [6.45, 7) is 21.6. The molecule has 1 aliphatic rings. The second-order valence-electron chi connectivity index (χ2n) is 18.0. The Morgan fingerprint density at radius 2 is 1.78 bits per heavy atom. The first-order valence-electron chi connectivity index (χ1n) is 22.4. The van der Waals surface area contributed by atoms with Crippen molar-refractivity contribution in [3.05, 3.63) is 45.7 Å². The molecule has 14 heteroatoms. The van der Waals surface area contributed by atoms with Gasteiger partial charge in [-0.1, -0.05) is 72.8 Å². The number of amides is 3. The van der Waals surface area contributed by atoms with Gasteiger partial charge in [0.1, 0.15) is 28.7 Å². The van der Waals surface area contributed by atoms with Gasteiger partial charge in [-0.3, -0.25) is 24.1 Å². The number of nitrogens with two attached hydrogens (primary N) is 1. The van der Waals surface area contributed by atoms with Crippen LogP contribution in [-0.2, 0) is 25.5 Å². The Balaban J connectivity index is 1.93. The Morgan fingerprint density at radius 3 is 2.38 bits per heavy atom. The number of nitrogens with one attached hydrogen (secondary N) is 2. The molecule has 0 radical (unpaired) electrons. The molecule has 1 aromatic carbocycles. The predicted molar refractivity (Wildman–Crippen MR) is 238 cm³/mol. The van der Waals surface area contributed by atoms with Crippen molar-refractivity contribution in [2.24, 2.45) is 17.3 Å². The second kappa shape index (κ2) is 24.1. The van der Waals surface area contributed by atoms with E-state index in [1.54, 1.807) is 25.3 Å². The van der Waals surface area contributed by atoms with Crippen LogP contribution in [0.25, 0.3) is 0 Å². The number of ether oxygens (including phenoxy) is 1. The first-order valence-corrected chi connectivity index (χ1v) is 23.2. The number of unbranched alkanes of at least 4 members (excludes halogenated alkanes) is 3. The summed E-state index contributed by atoms with van der Waals surface area (Å²) in [7, 11) is 0. The van der Waals surface area contributed by atoms with Crippen LogP contribution in [0.3, 0.4) is 0 Å². The number of carbonyl (C=O) groups excluding carboxylic acids is 3. The first-order chi connectivity index (χ1) is 28.3. The van der Waals surface area contributed by atoms with E-state index in [0.29, 0.717) is 30.1 Å². The van der Waals surface area contributed by atoms with Crippen LogP contribution in [-0.4, -0.2) is 93.5 Å². The van der Waals surface area contributed by atoms with Crippen molar-refractivity contribution in [3.8, 4) is 0 Å². The van der Waals surface area contributed by atoms with E-state index in [9.17, 15) is 28.7 Å². The van der Waals surface area contributed by atoms with Crippen molar-refractivity contribution >= 4 is 40.7 Å². The van der Waals surface area contributed by atoms with Crippen molar-refractivity contribution in [1.29, 1.82) is 0 Å². The maximum absolute atomic E-state index is 15.0. The number of carboxylic acids is 1. The van der Waals surface area contributed by atoms with Crippen LogP contribution < -0.4 is 16.4 Å². The van der Waals surface area contributed by atoms with Gasteiger partial charge in [-0.25, -0.2) is 9.37 Å². The first kappa shape index (κ1) is 50.7. The number of carbonyl (C=O) groups is 4. The largest absolute Gasteiger partial charge is 0.481 e. The maximum Gasteiger partial charge on any atom is 0.309 e. The van der Waals surface area contributed by atoms with Crippen molar-refractivity contribution in [2.75, 3.05) is 25.4 Å². The smallest absolute Gasteiger partial charge is 0.309 e. The molecule has 12 nitrogen and oxygen atoms in total. The lowest BCUT2D eigenvalue weighted by Gasteiger charge is -2.41. The van der Waals surface area contributed by atoms with E-state index in [4.69, 9.17) is 15.5 Å². The Kier molecular flexibility index (Phi) is 20.4. The van der Waals surface area contributed by atoms with E-state index in [2.05, 4.69) is 57.1 Å². The summed E-state index contributed by atoms with van der Waals surface area (Å²) in [5, 5.41) is 18.4. The molecule has 5 N–H and O–H groups in total. The summed E-state index contributed by atoms with van der Waals surface area (Å²) >= 11 is 1.30. The van der Waals surface area contributed by atoms with Crippen molar-refractivity contribution in [2.45, 2.75) is 176 Å². The highest BCUT2D eigenvalue weighted by Gasteiger charge is 2.39. The van der Waals surface area contributed by atoms with Crippen LogP contribution in [0.4, 0.5) is 10.1 Å². The van der Waals surface area contributed by atoms with Crippen LogP contribution in [0.5, 0.6) is 0 Å². The van der Waals surface area contributed by atoms with Gasteiger partial charge in [-0.15, -0.1) is 11.3 Å². The zero-order valence-corrected chi connectivity index (χ0v) is 38.8. The lowest BCUT2D eigenvalue weighted by Crippen LogP contribution is -2.60. The Hall–Kier alpha value is -3.62. The Morgan fingerprint density at radius 1 is 1.07 bits per heavy atom. The molecule has 1 saturated heterocycles. The van der Waals surface area contributed by atoms with E-state index in [-0.39, 0.29) is 66.0 Å². The number of nitrogens with zero attached hydrogens (tertiary/aromatic N) is 3. The Labute approximate surface area is 363 Å². The number of nitrogen functional groups attached to an aromatic ring is 1. The van der Waals surface area contributed by atoms with Crippen LogP contribution in [0.1, 0.15) is 161 Å². The minimum Gasteiger partial charge on any atom is -0.481 e. The molecule has 1 aliphatic heterocycles. The lowest BCUT2D eigenvalue weighted by molar-refractivity contribution is -0.147. The number of rotatable bonds is 25. The summed E-state index contributed by atoms with van der Waals surface area (Å²) in [6, 6.07) is 2.78. The highest BCUT2D eigenvalue weighted by molar-refractivity contribution is 7.09. The van der Waals surface area contributed by atoms with Crippen molar-refractivity contribution < 1.29 is 33.4 Å². The number of anilines is 1. The molecule has 338 valence electrons. The van der Waals surface area contributed by atoms with Crippen LogP contribution in [0.2, 0.25) is 0 Å². The van der Waals surface area contributed by atoms with Gasteiger partial charge >= 0.3 is 5.97 Å². The minimum absolute atomic E-state index is 0.00247. The van der Waals surface area contributed by atoms with Gasteiger partial charge in [0.15, 0.2) is 0 Å². The van der Waals surface area contributed by atoms with Crippen LogP contribution in [0.15, 0.2) is 23.6 Å². The number of carboxylic acid groups (broad SMARTS) is 1. The van der Waals surface area contributed by atoms with Gasteiger partial charge in [-0.2, -0.15) is 0 Å². The molecule has 3 amide bonds. The number of thiazole rings is 1. The monoisotopic (exact) mass is 859 g/mol. The Bertz CT molecular complexity index is 1690. The summed E-state index contributed by atoms with van der Waals surface area (Å²) in [4.78, 5) is 63.9. The average molecular weight is 859 g/mol. The number of benzene rings is 1. The molecular formula is C46H75FN6O6S. The molecule has 1 fully saturated rings. The molecule has 2 heterocycles. The van der Waals surface area contributed by atoms with Gasteiger partial charge in [0, 0.05) is 43.1 Å². The third-order valence-corrected chi connectivity index (χ3v) is 13.0. The van der Waals surface area contributed by atoms with Gasteiger partial charge in [0.25, 0.3) is 5.91 Å². The van der Waals surface area contributed by atoms with Crippen molar-refractivity contribution in [1.82, 2.24) is 25.4 Å². The summed E-state index contributed by atoms with van der Waals surface area (Å²) in [5.74, 6) is -2.29. The number of hydrogen-bond donors (Lipinski definition) is 4. The van der Waals surface area contributed by atoms with Crippen LogP contribution in [0, 0.1) is 23.1 Å². The van der Waals surface area contributed by atoms with E-state index < -0.39 is 41.3 Å². The lowest BCUT2D eigenvalue weighted by atomic mass is 9.84. The zero-order chi connectivity index (χ0) is 44.7. The molecular weight excluding hydrogens is 784 g/mol. The molecule has 0 aliphatic carbocycles. The number of aromatic nitrogens is 1. The average Bonchev–Trinajstić information content (AvgIpc) is 3.70. The number of halogens is 1. The number of hydrogen-bond acceptors (Lipinski definition) is 9. The van der Waals surface area contributed by atoms with E-state index in [1.165, 1.54) is 23.5 Å². The fraction of sp³-hybridized carbons (Fsp3) is 0.717. The maximum atomic E-state index is 15.0. The standard InChI is InChI=1S/C46H75FN6O6S/c1-11-14-15-17-23-53(44(56)40(31(8)12-2)51-42(55)37-19-16-18-22-52(37)30(6)7)38(29(4)5)26-39(59-13-3)43-50-36(28-60-43)41(54)49-33(27-46(9,10)45(57)58)24-32-20-21-35(48)34(47)25-32/h20-21,25,28-31,33,37-40H,11-19,22-24,26-27,48H2,1-10H3,(H,49,54)(H,51,55)(H,57,58)/t31-,33-,37+,38+,39+,40-/m0/s1. The third kappa shape index (κ3) is 14.5. The zero-order valence-electron chi connectivity index (χ0n) is 38.0. The molecule has 3 rings (SSSR count). The van der Waals surface area contributed by atoms with Gasteiger partial charge < -0.3 is 31.1 Å². The van der Waals surface area contributed by atoms with Gasteiger partial charge in [0.2, 0.25) is 11.8 Å². The van der Waals surface area contributed by atoms with Crippen molar-refractivity contribution in [3.63, 3.8) is 0 Å². The molecule has 0 unspecified atom stereocenters. The predicted octanol–water partition coefficient (Wildman–Crippen LogP) is 8.40. The fourth-order valence-corrected chi connectivity index (χ4v) is 9.05. The molecule has 60 heavy (non-hydrogen) atoms. The molecule has 6 atom stereocenters. The van der Waals surface area contributed by atoms with Gasteiger partial charge in [0.05, 0.1) is 17.1 Å². The minimum atomic E-state index is -1.18. The molecule has 0 spiro atoms. The second-order valence-corrected chi connectivity index (χ2v) is 18.9. The topological polar surface area (TPSA) is 167 Å². The van der Waals surface area contributed by atoms with Gasteiger partial charge in [-0.05, 0) is 103 Å². The normalized spacial score (nSPS) is 17.5. The molecule has 0 saturated carbocycles. The summed E-state index contributed by atoms with van der Waals surface area (Å²) in [6.07, 6.45) is 7.65. The third-order valence-electron chi connectivity index (χ3n) is 12.1. The number of aliphatic carboxylic acids is 1. The molecule has 2 aromatic rings. The van der Waals surface area contributed by atoms with E-state index in [0.717, 1.165) is 57.9 Å². The van der Waals surface area contributed by atoms with E-state index >= 15 is 0 Å². The number of piperidine rings is 1. The number of likely N-dealkylation sites (tertiary alicyclic amines) is 1. The van der Waals surface area contributed by atoms with E-state index in [1.807, 2.05) is 18.7 Å². The summed E-state index contributed by atoms with van der Waals surface area (Å²) < 4.78 is 20.7. The quantitative estimate of drug-likeness (QED) is 0.0567.